The molecule has 0 bridgehead atoms. The Morgan fingerprint density at radius 3 is 2.64 bits per heavy atom. The molecular weight excluding hydrogens is 354 g/mol. The Morgan fingerprint density at radius 2 is 1.96 bits per heavy atom. The lowest BCUT2D eigenvalue weighted by Gasteiger charge is -2.17. The number of hydrogen-bond acceptors (Lipinski definition) is 5. The van der Waals surface area contributed by atoms with E-state index in [9.17, 15) is 9.90 Å². The van der Waals surface area contributed by atoms with Crippen LogP contribution in [-0.2, 0) is 4.79 Å². The molecule has 1 fully saturated rings. The second-order valence-corrected chi connectivity index (χ2v) is 7.41. The molecule has 25 heavy (non-hydrogen) atoms. The molecule has 0 saturated carbocycles. The van der Waals surface area contributed by atoms with E-state index in [1.54, 1.807) is 23.1 Å². The van der Waals surface area contributed by atoms with E-state index in [0.717, 1.165) is 22.4 Å². The SMILES string of the molecule is COc1cc(/C=C2\SC(=S)N(c3ccc(C)cc3C)C2=O)ccc1O. The van der Waals surface area contributed by atoms with E-state index in [0.29, 0.717) is 15.0 Å². The summed E-state index contributed by atoms with van der Waals surface area (Å²) in [5.41, 5.74) is 3.71. The van der Waals surface area contributed by atoms with Gasteiger partial charge in [-0.25, -0.2) is 0 Å². The van der Waals surface area contributed by atoms with E-state index in [1.807, 2.05) is 32.0 Å². The van der Waals surface area contributed by atoms with Gasteiger partial charge in [0, 0.05) is 0 Å². The number of carbonyl (C=O) groups is 1. The third kappa shape index (κ3) is 3.41. The highest BCUT2D eigenvalue weighted by Crippen LogP contribution is 2.38. The Hall–Kier alpha value is -2.31. The molecular formula is C19H17NO3S2. The zero-order valence-corrected chi connectivity index (χ0v) is 15.7. The first kappa shape index (κ1) is 17.5. The minimum absolute atomic E-state index is 0.0579. The molecule has 3 rings (SSSR count). The zero-order valence-electron chi connectivity index (χ0n) is 14.1. The van der Waals surface area contributed by atoms with Crippen LogP contribution in [0.5, 0.6) is 11.5 Å². The first-order chi connectivity index (χ1) is 11.9. The Morgan fingerprint density at radius 1 is 1.20 bits per heavy atom. The number of carbonyl (C=O) groups excluding carboxylic acids is 1. The van der Waals surface area contributed by atoms with Gasteiger partial charge in [0.15, 0.2) is 15.8 Å². The first-order valence-corrected chi connectivity index (χ1v) is 8.85. The van der Waals surface area contributed by atoms with Crippen LogP contribution in [0.1, 0.15) is 16.7 Å². The lowest BCUT2D eigenvalue weighted by atomic mass is 10.1. The topological polar surface area (TPSA) is 49.8 Å². The van der Waals surface area contributed by atoms with E-state index >= 15 is 0 Å². The van der Waals surface area contributed by atoms with E-state index in [2.05, 4.69) is 0 Å². The Labute approximate surface area is 156 Å². The van der Waals surface area contributed by atoms with Gasteiger partial charge in [0.25, 0.3) is 5.91 Å². The highest BCUT2D eigenvalue weighted by Gasteiger charge is 2.34. The summed E-state index contributed by atoms with van der Waals surface area (Å²) in [5.74, 6) is 0.273. The second-order valence-electron chi connectivity index (χ2n) is 5.74. The molecule has 0 aromatic heterocycles. The summed E-state index contributed by atoms with van der Waals surface area (Å²) in [6.45, 7) is 3.98. The van der Waals surface area contributed by atoms with Crippen molar-refractivity contribution in [2.75, 3.05) is 12.0 Å². The van der Waals surface area contributed by atoms with Crippen molar-refractivity contribution in [2.24, 2.45) is 0 Å². The monoisotopic (exact) mass is 371 g/mol. The molecule has 1 N–H and O–H groups in total. The summed E-state index contributed by atoms with van der Waals surface area (Å²) in [5, 5.41) is 9.69. The minimum Gasteiger partial charge on any atom is -0.504 e. The summed E-state index contributed by atoms with van der Waals surface area (Å²) in [7, 11) is 1.48. The Bertz CT molecular complexity index is 906. The third-order valence-corrected chi connectivity index (χ3v) is 5.19. The maximum atomic E-state index is 12.8. The van der Waals surface area contributed by atoms with Crippen molar-refractivity contribution >= 4 is 46.0 Å². The van der Waals surface area contributed by atoms with Crippen LogP contribution >= 0.6 is 24.0 Å². The van der Waals surface area contributed by atoms with Crippen molar-refractivity contribution < 1.29 is 14.6 Å². The molecule has 0 atom stereocenters. The first-order valence-electron chi connectivity index (χ1n) is 7.63. The van der Waals surface area contributed by atoms with E-state index in [1.165, 1.54) is 24.9 Å². The number of benzene rings is 2. The van der Waals surface area contributed by atoms with E-state index < -0.39 is 0 Å². The lowest BCUT2D eigenvalue weighted by molar-refractivity contribution is -0.113. The maximum absolute atomic E-state index is 12.8. The van der Waals surface area contributed by atoms with Crippen molar-refractivity contribution in [3.8, 4) is 11.5 Å². The predicted octanol–water partition coefficient (Wildman–Crippen LogP) is 4.42. The molecule has 1 aliphatic heterocycles. The van der Waals surface area contributed by atoms with Crippen LogP contribution < -0.4 is 9.64 Å². The van der Waals surface area contributed by atoms with Gasteiger partial charge < -0.3 is 9.84 Å². The summed E-state index contributed by atoms with van der Waals surface area (Å²) < 4.78 is 5.62. The van der Waals surface area contributed by atoms with Gasteiger partial charge in [-0.05, 0) is 49.2 Å². The molecule has 0 unspecified atom stereocenters. The van der Waals surface area contributed by atoms with Crippen LogP contribution in [0.25, 0.3) is 6.08 Å². The summed E-state index contributed by atoms with van der Waals surface area (Å²) in [6.07, 6.45) is 1.75. The number of aromatic hydroxyl groups is 1. The van der Waals surface area contributed by atoms with Crippen molar-refractivity contribution in [2.45, 2.75) is 13.8 Å². The second kappa shape index (κ2) is 6.90. The van der Waals surface area contributed by atoms with Gasteiger partial charge in [-0.2, -0.15) is 0 Å². The molecule has 1 heterocycles. The zero-order chi connectivity index (χ0) is 18.1. The number of ether oxygens (including phenoxy) is 1. The predicted molar refractivity (Wildman–Crippen MR) is 106 cm³/mol. The Balaban J connectivity index is 1.96. The molecule has 4 nitrogen and oxygen atoms in total. The molecule has 1 aliphatic rings. The summed E-state index contributed by atoms with van der Waals surface area (Å²) in [6, 6.07) is 10.9. The van der Waals surface area contributed by atoms with Gasteiger partial charge >= 0.3 is 0 Å². The summed E-state index contributed by atoms with van der Waals surface area (Å²) in [4.78, 5) is 15.0. The summed E-state index contributed by atoms with van der Waals surface area (Å²) >= 11 is 6.68. The maximum Gasteiger partial charge on any atom is 0.270 e. The van der Waals surface area contributed by atoms with Gasteiger partial charge in [0.1, 0.15) is 0 Å². The van der Waals surface area contributed by atoms with Crippen LogP contribution in [0.15, 0.2) is 41.3 Å². The van der Waals surface area contributed by atoms with Crippen LogP contribution in [0.4, 0.5) is 5.69 Å². The smallest absolute Gasteiger partial charge is 0.270 e. The molecule has 0 radical (unpaired) electrons. The standard InChI is InChI=1S/C19H17NO3S2/c1-11-4-6-14(12(2)8-11)20-18(22)17(25-19(20)24)10-13-5-7-15(21)16(9-13)23-3/h4-10,21H,1-3H3/b17-10-. The number of methoxy groups -OCH3 is 1. The van der Waals surface area contributed by atoms with Crippen molar-refractivity contribution in [1.82, 2.24) is 0 Å². The van der Waals surface area contributed by atoms with Crippen molar-refractivity contribution in [3.63, 3.8) is 0 Å². The molecule has 1 amide bonds. The molecule has 0 spiro atoms. The average molecular weight is 371 g/mol. The van der Waals surface area contributed by atoms with Crippen molar-refractivity contribution in [3.05, 3.63) is 58.0 Å². The number of rotatable bonds is 3. The van der Waals surface area contributed by atoms with Crippen LogP contribution in [0.2, 0.25) is 0 Å². The average Bonchev–Trinajstić information content (AvgIpc) is 2.84. The number of aryl methyl sites for hydroxylation is 2. The number of phenolic OH excluding ortho intramolecular Hbond substituents is 1. The van der Waals surface area contributed by atoms with E-state index in [-0.39, 0.29) is 11.7 Å². The van der Waals surface area contributed by atoms with Crippen molar-refractivity contribution in [1.29, 1.82) is 0 Å². The van der Waals surface area contributed by atoms with Gasteiger partial charge in [-0.3, -0.25) is 9.69 Å². The molecule has 128 valence electrons. The quantitative estimate of drug-likeness (QED) is 0.639. The fraction of sp³-hybridized carbons (Fsp3) is 0.158. The molecule has 1 saturated heterocycles. The fourth-order valence-corrected chi connectivity index (χ4v) is 3.95. The van der Waals surface area contributed by atoms with Gasteiger partial charge in [0.05, 0.1) is 17.7 Å². The van der Waals surface area contributed by atoms with Crippen LogP contribution in [-0.4, -0.2) is 22.4 Å². The lowest BCUT2D eigenvalue weighted by Crippen LogP contribution is -2.28. The van der Waals surface area contributed by atoms with Crippen LogP contribution in [0, 0.1) is 13.8 Å². The number of hydrogen-bond donors (Lipinski definition) is 1. The largest absolute Gasteiger partial charge is 0.504 e. The van der Waals surface area contributed by atoms with Gasteiger partial charge in [0.2, 0.25) is 0 Å². The number of thioether (sulfide) groups is 1. The molecule has 0 aliphatic carbocycles. The number of nitrogens with zero attached hydrogens (tertiary/aromatic N) is 1. The fourth-order valence-electron chi connectivity index (χ4n) is 2.67. The third-order valence-electron chi connectivity index (χ3n) is 3.89. The number of phenols is 1. The minimum atomic E-state index is -0.144. The normalized spacial score (nSPS) is 16.0. The van der Waals surface area contributed by atoms with Gasteiger partial charge in [-0.15, -0.1) is 0 Å². The highest BCUT2D eigenvalue weighted by molar-refractivity contribution is 8.27. The van der Waals surface area contributed by atoms with E-state index in [4.69, 9.17) is 17.0 Å². The van der Waals surface area contributed by atoms with Crippen LogP contribution in [0.3, 0.4) is 0 Å². The number of anilines is 1. The highest BCUT2D eigenvalue weighted by atomic mass is 32.2. The molecule has 2 aromatic rings. The number of amides is 1. The Kier molecular flexibility index (Phi) is 4.83. The van der Waals surface area contributed by atoms with Gasteiger partial charge in [-0.1, -0.05) is 47.7 Å². The molecule has 6 heteroatoms. The number of thiocarbonyl (C=S) groups is 1. The molecule has 2 aromatic carbocycles.